The molecule has 1 heterocycles. The van der Waals surface area contributed by atoms with E-state index in [9.17, 15) is 9.59 Å². The van der Waals surface area contributed by atoms with Crippen molar-refractivity contribution in [2.24, 2.45) is 0 Å². The van der Waals surface area contributed by atoms with Crippen molar-refractivity contribution in [3.63, 3.8) is 0 Å². The molecule has 7 heteroatoms. The van der Waals surface area contributed by atoms with Crippen LogP contribution in [0.5, 0.6) is 5.75 Å². The van der Waals surface area contributed by atoms with Crippen molar-refractivity contribution < 1.29 is 23.6 Å². The molecule has 0 fully saturated rings. The highest BCUT2D eigenvalue weighted by molar-refractivity contribution is 5.94. The number of ether oxygens (including phenoxy) is 2. The number of aromatic nitrogens is 2. The van der Waals surface area contributed by atoms with Crippen LogP contribution in [0, 0.1) is 0 Å². The first-order valence-electron chi connectivity index (χ1n) is 9.24. The summed E-state index contributed by atoms with van der Waals surface area (Å²) in [5.41, 5.74) is 2.63. The molecule has 3 rings (SSSR count). The number of carbonyl (C=O) groups is 2. The van der Waals surface area contributed by atoms with Gasteiger partial charge in [0.2, 0.25) is 5.82 Å². The standard InChI is InChI=1S/C22H22N2O5/c1-14(2)16-4-6-18(7-5-16)22-23-20(29-24-22)12-28-21(26)13-27-19-10-8-17(9-11-19)15(3)25/h4-11,14H,12-13H2,1-3H3. The van der Waals surface area contributed by atoms with Crippen LogP contribution in [-0.4, -0.2) is 28.5 Å². The van der Waals surface area contributed by atoms with Crippen molar-refractivity contribution in [3.8, 4) is 17.1 Å². The van der Waals surface area contributed by atoms with Crippen LogP contribution in [0.4, 0.5) is 0 Å². The molecule has 3 aromatic rings. The molecule has 1 aromatic heterocycles. The van der Waals surface area contributed by atoms with Crippen molar-refractivity contribution in [2.75, 3.05) is 6.61 Å². The average Bonchev–Trinajstić information content (AvgIpc) is 3.20. The topological polar surface area (TPSA) is 91.5 Å². The second kappa shape index (κ2) is 9.14. The molecule has 0 aliphatic rings. The van der Waals surface area contributed by atoms with E-state index >= 15 is 0 Å². The van der Waals surface area contributed by atoms with Crippen LogP contribution in [0.15, 0.2) is 53.1 Å². The highest BCUT2D eigenvalue weighted by Gasteiger charge is 2.12. The molecule has 0 spiro atoms. The summed E-state index contributed by atoms with van der Waals surface area (Å²) in [7, 11) is 0. The lowest BCUT2D eigenvalue weighted by Crippen LogP contribution is -2.14. The van der Waals surface area contributed by atoms with Gasteiger partial charge in [0.05, 0.1) is 0 Å². The maximum atomic E-state index is 11.9. The van der Waals surface area contributed by atoms with Crippen LogP contribution >= 0.6 is 0 Å². The minimum Gasteiger partial charge on any atom is -0.482 e. The fourth-order valence-corrected chi connectivity index (χ4v) is 2.56. The van der Waals surface area contributed by atoms with Gasteiger partial charge in [0.15, 0.2) is 19.0 Å². The van der Waals surface area contributed by atoms with E-state index in [1.54, 1.807) is 24.3 Å². The predicted octanol–water partition coefficient (Wildman–Crippen LogP) is 4.18. The van der Waals surface area contributed by atoms with Crippen molar-refractivity contribution in [2.45, 2.75) is 33.3 Å². The first-order valence-corrected chi connectivity index (χ1v) is 9.24. The molecule has 0 aliphatic heterocycles. The molecule has 2 aromatic carbocycles. The van der Waals surface area contributed by atoms with E-state index in [1.165, 1.54) is 12.5 Å². The number of nitrogens with zero attached hydrogens (tertiary/aromatic N) is 2. The molecule has 0 saturated heterocycles. The Morgan fingerprint density at radius 3 is 2.34 bits per heavy atom. The number of Topliss-reactive ketones (excluding diaryl/α,β-unsaturated/α-hetero) is 1. The van der Waals surface area contributed by atoms with E-state index in [2.05, 4.69) is 24.0 Å². The molecular formula is C22H22N2O5. The first-order chi connectivity index (χ1) is 13.9. The zero-order valence-electron chi connectivity index (χ0n) is 16.5. The van der Waals surface area contributed by atoms with Crippen LogP contribution in [0.1, 0.15) is 48.5 Å². The van der Waals surface area contributed by atoms with Crippen molar-refractivity contribution in [1.29, 1.82) is 0 Å². The van der Waals surface area contributed by atoms with Crippen LogP contribution < -0.4 is 4.74 Å². The average molecular weight is 394 g/mol. The summed E-state index contributed by atoms with van der Waals surface area (Å²) in [6, 6.07) is 14.4. The Kier molecular flexibility index (Phi) is 6.39. The molecule has 0 atom stereocenters. The quantitative estimate of drug-likeness (QED) is 0.418. The maximum Gasteiger partial charge on any atom is 0.344 e. The summed E-state index contributed by atoms with van der Waals surface area (Å²) in [4.78, 5) is 27.3. The Morgan fingerprint density at radius 2 is 1.72 bits per heavy atom. The fourth-order valence-electron chi connectivity index (χ4n) is 2.56. The summed E-state index contributed by atoms with van der Waals surface area (Å²) in [5.74, 6) is 0.947. The second-order valence-corrected chi connectivity index (χ2v) is 6.82. The molecule has 0 radical (unpaired) electrons. The van der Waals surface area contributed by atoms with Gasteiger partial charge >= 0.3 is 5.97 Å². The van der Waals surface area contributed by atoms with Gasteiger partial charge in [0, 0.05) is 11.1 Å². The Hall–Kier alpha value is -3.48. The largest absolute Gasteiger partial charge is 0.482 e. The second-order valence-electron chi connectivity index (χ2n) is 6.82. The third-order valence-electron chi connectivity index (χ3n) is 4.28. The number of rotatable bonds is 8. The Balaban J connectivity index is 1.48. The summed E-state index contributed by atoms with van der Waals surface area (Å²) in [6.45, 7) is 5.33. The monoisotopic (exact) mass is 394 g/mol. The molecular weight excluding hydrogens is 372 g/mol. The number of benzene rings is 2. The van der Waals surface area contributed by atoms with Gasteiger partial charge in [0.25, 0.3) is 5.89 Å². The normalized spacial score (nSPS) is 10.8. The third kappa shape index (κ3) is 5.51. The van der Waals surface area contributed by atoms with Crippen LogP contribution in [0.2, 0.25) is 0 Å². The third-order valence-corrected chi connectivity index (χ3v) is 4.28. The van der Waals surface area contributed by atoms with Gasteiger partial charge in [-0.15, -0.1) is 0 Å². The van der Waals surface area contributed by atoms with Gasteiger partial charge in [-0.25, -0.2) is 4.79 Å². The van der Waals surface area contributed by atoms with E-state index in [1.807, 2.05) is 24.3 Å². The van der Waals surface area contributed by atoms with Gasteiger partial charge in [-0.2, -0.15) is 4.98 Å². The van der Waals surface area contributed by atoms with Crippen LogP contribution in [0.25, 0.3) is 11.4 Å². The lowest BCUT2D eigenvalue weighted by atomic mass is 10.0. The number of esters is 1. The Bertz CT molecular complexity index is 975. The summed E-state index contributed by atoms with van der Waals surface area (Å²) >= 11 is 0. The smallest absolute Gasteiger partial charge is 0.344 e. The van der Waals surface area contributed by atoms with E-state index in [-0.39, 0.29) is 24.9 Å². The molecule has 0 N–H and O–H groups in total. The zero-order chi connectivity index (χ0) is 20.8. The Morgan fingerprint density at radius 1 is 1.03 bits per heavy atom. The van der Waals surface area contributed by atoms with Gasteiger partial charge in [-0.3, -0.25) is 4.79 Å². The van der Waals surface area contributed by atoms with Gasteiger partial charge in [0.1, 0.15) is 5.75 Å². The minimum atomic E-state index is -0.568. The van der Waals surface area contributed by atoms with E-state index in [0.29, 0.717) is 23.1 Å². The van der Waals surface area contributed by atoms with Crippen molar-refractivity contribution in [1.82, 2.24) is 10.1 Å². The number of ketones is 1. The summed E-state index contributed by atoms with van der Waals surface area (Å²) in [6.07, 6.45) is 0. The van der Waals surface area contributed by atoms with Crippen LogP contribution in [-0.2, 0) is 16.1 Å². The number of hydrogen-bond donors (Lipinski definition) is 0. The summed E-state index contributed by atoms with van der Waals surface area (Å²) < 4.78 is 15.6. The van der Waals surface area contributed by atoms with Gasteiger partial charge < -0.3 is 14.0 Å². The predicted molar refractivity (Wildman–Crippen MR) is 106 cm³/mol. The fraction of sp³-hybridized carbons (Fsp3) is 0.273. The molecule has 0 amide bonds. The van der Waals surface area contributed by atoms with E-state index in [4.69, 9.17) is 14.0 Å². The highest BCUT2D eigenvalue weighted by Crippen LogP contribution is 2.20. The number of carbonyl (C=O) groups excluding carboxylic acids is 2. The Labute approximate surface area is 168 Å². The first kappa shape index (κ1) is 20.3. The lowest BCUT2D eigenvalue weighted by Gasteiger charge is -2.06. The zero-order valence-corrected chi connectivity index (χ0v) is 16.5. The maximum absolute atomic E-state index is 11.9. The van der Waals surface area contributed by atoms with Crippen LogP contribution in [0.3, 0.4) is 0 Å². The molecule has 0 saturated carbocycles. The molecule has 150 valence electrons. The van der Waals surface area contributed by atoms with Gasteiger partial charge in [-0.1, -0.05) is 43.3 Å². The van der Waals surface area contributed by atoms with Crippen molar-refractivity contribution in [3.05, 3.63) is 65.5 Å². The summed E-state index contributed by atoms with van der Waals surface area (Å²) in [5, 5.41) is 3.92. The van der Waals surface area contributed by atoms with E-state index < -0.39 is 5.97 Å². The molecule has 7 nitrogen and oxygen atoms in total. The molecule has 0 unspecified atom stereocenters. The highest BCUT2D eigenvalue weighted by atomic mass is 16.6. The van der Waals surface area contributed by atoms with E-state index in [0.717, 1.165) is 5.56 Å². The minimum absolute atomic E-state index is 0.0363. The van der Waals surface area contributed by atoms with Crippen molar-refractivity contribution >= 4 is 11.8 Å². The van der Waals surface area contributed by atoms with Gasteiger partial charge in [-0.05, 0) is 42.7 Å². The number of hydrogen-bond acceptors (Lipinski definition) is 7. The molecule has 0 bridgehead atoms. The molecule has 29 heavy (non-hydrogen) atoms. The lowest BCUT2D eigenvalue weighted by molar-refractivity contribution is -0.148. The SMILES string of the molecule is CC(=O)c1ccc(OCC(=O)OCc2nc(-c3ccc(C(C)C)cc3)no2)cc1. The molecule has 0 aliphatic carbocycles.